The number of phenolic OH excluding ortho intramolecular Hbond substituents is 1. The zero-order chi connectivity index (χ0) is 11.4. The predicted octanol–water partition coefficient (Wildman–Crippen LogP) is 0.726. The molecule has 0 aliphatic rings. The molecule has 0 amide bonds. The quantitative estimate of drug-likeness (QED) is 0.793. The summed E-state index contributed by atoms with van der Waals surface area (Å²) >= 11 is 0. The zero-order valence-electron chi connectivity index (χ0n) is 8.82. The molecule has 0 aliphatic carbocycles. The van der Waals surface area contributed by atoms with Crippen molar-refractivity contribution >= 4 is 0 Å². The molecular formula is C11H14N4O. The van der Waals surface area contributed by atoms with Crippen LogP contribution in [0.3, 0.4) is 0 Å². The highest BCUT2D eigenvalue weighted by molar-refractivity contribution is 5.29. The van der Waals surface area contributed by atoms with Gasteiger partial charge in [0.15, 0.2) is 0 Å². The summed E-state index contributed by atoms with van der Waals surface area (Å²) in [6, 6.07) is 7.14. The number of hydrogen-bond acceptors (Lipinski definition) is 4. The molecule has 0 radical (unpaired) electrons. The van der Waals surface area contributed by atoms with Crippen LogP contribution in [0.4, 0.5) is 0 Å². The zero-order valence-corrected chi connectivity index (χ0v) is 8.82. The van der Waals surface area contributed by atoms with Gasteiger partial charge in [-0.3, -0.25) is 4.68 Å². The van der Waals surface area contributed by atoms with Gasteiger partial charge >= 0.3 is 0 Å². The second-order valence-electron chi connectivity index (χ2n) is 3.65. The van der Waals surface area contributed by atoms with Crippen molar-refractivity contribution in [3.8, 4) is 5.75 Å². The molecule has 3 N–H and O–H groups in total. The van der Waals surface area contributed by atoms with Crippen LogP contribution in [-0.2, 0) is 6.54 Å². The second kappa shape index (κ2) is 4.76. The van der Waals surface area contributed by atoms with Crippen LogP contribution in [-0.4, -0.2) is 26.4 Å². The van der Waals surface area contributed by atoms with E-state index in [0.29, 0.717) is 13.1 Å². The van der Waals surface area contributed by atoms with E-state index < -0.39 is 0 Å². The Bertz CT molecular complexity index is 441. The van der Waals surface area contributed by atoms with E-state index in [1.54, 1.807) is 23.1 Å². The third-order valence-electron chi connectivity index (χ3n) is 2.50. The van der Waals surface area contributed by atoms with Crippen molar-refractivity contribution in [1.82, 2.24) is 14.8 Å². The first-order chi connectivity index (χ1) is 7.79. The number of phenols is 1. The molecule has 1 unspecified atom stereocenters. The van der Waals surface area contributed by atoms with Crippen molar-refractivity contribution in [2.45, 2.75) is 12.5 Å². The third kappa shape index (κ3) is 2.38. The summed E-state index contributed by atoms with van der Waals surface area (Å²) in [6.07, 6.45) is 3.15. The minimum Gasteiger partial charge on any atom is -0.508 e. The first-order valence-corrected chi connectivity index (χ1v) is 5.11. The Hall–Kier alpha value is -1.88. The molecule has 0 spiro atoms. The Kier molecular flexibility index (Phi) is 3.16. The average molecular weight is 218 g/mol. The molecule has 1 atom stereocenters. The molecule has 84 valence electrons. The monoisotopic (exact) mass is 218 g/mol. The molecule has 5 heteroatoms. The van der Waals surface area contributed by atoms with Gasteiger partial charge in [-0.1, -0.05) is 12.1 Å². The first kappa shape index (κ1) is 10.6. The maximum absolute atomic E-state index is 9.41. The van der Waals surface area contributed by atoms with Gasteiger partial charge < -0.3 is 10.8 Å². The van der Waals surface area contributed by atoms with Crippen molar-refractivity contribution in [2.24, 2.45) is 5.73 Å². The fourth-order valence-corrected chi connectivity index (χ4v) is 1.65. The molecule has 5 nitrogen and oxygen atoms in total. The summed E-state index contributed by atoms with van der Waals surface area (Å²) < 4.78 is 1.74. The Morgan fingerprint density at radius 3 is 2.94 bits per heavy atom. The van der Waals surface area contributed by atoms with E-state index in [9.17, 15) is 5.11 Å². The standard InChI is InChI=1S/C11H14N4O/c12-5-10(6-15-8-13-7-14-15)9-2-1-3-11(16)4-9/h1-4,7-8,10,16H,5-6,12H2. The van der Waals surface area contributed by atoms with E-state index in [-0.39, 0.29) is 11.7 Å². The average Bonchev–Trinajstić information content (AvgIpc) is 2.78. The van der Waals surface area contributed by atoms with E-state index in [1.807, 2.05) is 12.1 Å². The number of aromatic hydroxyl groups is 1. The lowest BCUT2D eigenvalue weighted by atomic mass is 9.99. The van der Waals surface area contributed by atoms with Gasteiger partial charge in [0.05, 0.1) is 6.54 Å². The van der Waals surface area contributed by atoms with Crippen LogP contribution in [0.25, 0.3) is 0 Å². The first-order valence-electron chi connectivity index (χ1n) is 5.11. The van der Waals surface area contributed by atoms with Gasteiger partial charge in [0.2, 0.25) is 0 Å². The molecular weight excluding hydrogens is 204 g/mol. The molecule has 1 aromatic heterocycles. The minimum atomic E-state index is 0.133. The van der Waals surface area contributed by atoms with Crippen LogP contribution in [0.1, 0.15) is 11.5 Å². The van der Waals surface area contributed by atoms with Crippen molar-refractivity contribution in [2.75, 3.05) is 6.54 Å². The van der Waals surface area contributed by atoms with E-state index in [4.69, 9.17) is 5.73 Å². The van der Waals surface area contributed by atoms with Gasteiger partial charge in [0.25, 0.3) is 0 Å². The lowest BCUT2D eigenvalue weighted by molar-refractivity contribution is 0.470. The molecule has 0 fully saturated rings. The van der Waals surface area contributed by atoms with Crippen LogP contribution in [0, 0.1) is 0 Å². The van der Waals surface area contributed by atoms with Crippen molar-refractivity contribution in [3.63, 3.8) is 0 Å². The number of benzene rings is 1. The number of nitrogens with two attached hydrogens (primary N) is 1. The summed E-state index contributed by atoms with van der Waals surface area (Å²) in [6.45, 7) is 1.17. The van der Waals surface area contributed by atoms with Crippen LogP contribution in [0.5, 0.6) is 5.75 Å². The highest BCUT2D eigenvalue weighted by Crippen LogP contribution is 2.20. The van der Waals surface area contributed by atoms with Crippen molar-refractivity contribution in [1.29, 1.82) is 0 Å². The lowest BCUT2D eigenvalue weighted by Crippen LogP contribution is -2.18. The SMILES string of the molecule is NCC(Cn1cncn1)c1cccc(O)c1. The maximum atomic E-state index is 9.41. The fraction of sp³-hybridized carbons (Fsp3) is 0.273. The molecule has 2 rings (SSSR count). The fourth-order valence-electron chi connectivity index (χ4n) is 1.65. The van der Waals surface area contributed by atoms with E-state index in [2.05, 4.69) is 10.1 Å². The molecule has 1 aromatic carbocycles. The summed E-state index contributed by atoms with van der Waals surface area (Å²) in [7, 11) is 0. The van der Waals surface area contributed by atoms with Crippen LogP contribution in [0.2, 0.25) is 0 Å². The van der Waals surface area contributed by atoms with E-state index >= 15 is 0 Å². The molecule has 0 bridgehead atoms. The number of nitrogens with zero attached hydrogens (tertiary/aromatic N) is 3. The maximum Gasteiger partial charge on any atom is 0.137 e. The largest absolute Gasteiger partial charge is 0.508 e. The van der Waals surface area contributed by atoms with Crippen molar-refractivity contribution in [3.05, 3.63) is 42.5 Å². The van der Waals surface area contributed by atoms with Gasteiger partial charge in [-0.2, -0.15) is 5.10 Å². The summed E-state index contributed by atoms with van der Waals surface area (Å²) in [5.74, 6) is 0.392. The summed E-state index contributed by atoms with van der Waals surface area (Å²) in [5.41, 5.74) is 6.74. The summed E-state index contributed by atoms with van der Waals surface area (Å²) in [4.78, 5) is 3.88. The van der Waals surface area contributed by atoms with E-state index in [1.165, 1.54) is 6.33 Å². The van der Waals surface area contributed by atoms with Gasteiger partial charge in [0.1, 0.15) is 18.4 Å². The van der Waals surface area contributed by atoms with Crippen LogP contribution in [0.15, 0.2) is 36.9 Å². The highest BCUT2D eigenvalue weighted by atomic mass is 16.3. The molecule has 16 heavy (non-hydrogen) atoms. The minimum absolute atomic E-state index is 0.133. The lowest BCUT2D eigenvalue weighted by Gasteiger charge is -2.15. The predicted molar refractivity (Wildman–Crippen MR) is 59.9 cm³/mol. The van der Waals surface area contributed by atoms with Crippen LogP contribution < -0.4 is 5.73 Å². The molecule has 0 saturated heterocycles. The van der Waals surface area contributed by atoms with Gasteiger partial charge in [-0.25, -0.2) is 4.98 Å². The van der Waals surface area contributed by atoms with Gasteiger partial charge in [0, 0.05) is 12.5 Å². The Morgan fingerprint density at radius 1 is 1.44 bits per heavy atom. The topological polar surface area (TPSA) is 77.0 Å². The van der Waals surface area contributed by atoms with Crippen LogP contribution >= 0.6 is 0 Å². The van der Waals surface area contributed by atoms with E-state index in [0.717, 1.165) is 5.56 Å². The van der Waals surface area contributed by atoms with Crippen molar-refractivity contribution < 1.29 is 5.11 Å². The number of rotatable bonds is 4. The normalized spacial score (nSPS) is 12.6. The van der Waals surface area contributed by atoms with Gasteiger partial charge in [-0.15, -0.1) is 0 Å². The van der Waals surface area contributed by atoms with Gasteiger partial charge in [-0.05, 0) is 17.7 Å². The molecule has 0 saturated carbocycles. The number of aromatic nitrogens is 3. The number of hydrogen-bond donors (Lipinski definition) is 2. The Labute approximate surface area is 93.5 Å². The summed E-state index contributed by atoms with van der Waals surface area (Å²) in [5, 5.41) is 13.4. The third-order valence-corrected chi connectivity index (χ3v) is 2.50. The Balaban J connectivity index is 2.16. The smallest absolute Gasteiger partial charge is 0.137 e. The highest BCUT2D eigenvalue weighted by Gasteiger charge is 2.11. The molecule has 0 aliphatic heterocycles. The Morgan fingerprint density at radius 2 is 2.31 bits per heavy atom. The molecule has 2 aromatic rings. The second-order valence-corrected chi connectivity index (χ2v) is 3.65. The molecule has 1 heterocycles.